The van der Waals surface area contributed by atoms with Gasteiger partial charge in [-0.3, -0.25) is 14.5 Å². The fourth-order valence-corrected chi connectivity index (χ4v) is 4.58. The monoisotopic (exact) mass is 591 g/mol. The lowest BCUT2D eigenvalue weighted by Gasteiger charge is -2.13. The Labute approximate surface area is 223 Å². The van der Waals surface area contributed by atoms with Crippen molar-refractivity contribution in [2.75, 3.05) is 13.2 Å². The highest BCUT2D eigenvalue weighted by Crippen LogP contribution is 2.35. The summed E-state index contributed by atoms with van der Waals surface area (Å²) < 4.78 is 11.9. The second kappa shape index (κ2) is 11.3. The number of nitrogens with zero attached hydrogens (tertiary/aromatic N) is 1. The first-order valence-electron chi connectivity index (χ1n) is 10.2. The van der Waals surface area contributed by atoms with E-state index < -0.39 is 17.1 Å². The second-order valence-corrected chi connectivity index (χ2v) is 10.00. The molecule has 3 aromatic carbocycles. The van der Waals surface area contributed by atoms with E-state index in [0.29, 0.717) is 31.4 Å². The predicted molar refractivity (Wildman–Crippen MR) is 140 cm³/mol. The van der Waals surface area contributed by atoms with Crippen LogP contribution < -0.4 is 9.47 Å². The number of esters is 1. The van der Waals surface area contributed by atoms with Gasteiger partial charge in [-0.05, 0) is 84.6 Å². The summed E-state index contributed by atoms with van der Waals surface area (Å²) in [7, 11) is 0. The van der Waals surface area contributed by atoms with Gasteiger partial charge in [-0.1, -0.05) is 39.1 Å². The Kier molecular flexibility index (Phi) is 8.18. The number of thioether (sulfide) groups is 1. The number of hydrogen-bond acceptors (Lipinski definition) is 6. The molecule has 0 aromatic heterocycles. The number of carbonyl (C=O) groups excluding carboxylic acids is 3. The van der Waals surface area contributed by atoms with Gasteiger partial charge < -0.3 is 9.47 Å². The molecule has 178 valence electrons. The highest BCUT2D eigenvalue weighted by Gasteiger charge is 2.35. The molecule has 4 rings (SSSR count). The van der Waals surface area contributed by atoms with E-state index in [9.17, 15) is 14.4 Å². The standard InChI is InChI=1S/C25H16BrCl2NO5S/c26-17-3-10-21(34-24(31)15-1-4-18(27)5-2-15)16(13-17)14-22-23(30)29(25(32)35-22)11-12-33-20-8-6-19(28)7-9-20/h1-10,13-14H,11-12H2/b22-14-. The molecule has 35 heavy (non-hydrogen) atoms. The zero-order valence-corrected chi connectivity index (χ0v) is 21.8. The van der Waals surface area contributed by atoms with Gasteiger partial charge in [0.05, 0.1) is 17.0 Å². The maximum absolute atomic E-state index is 12.9. The molecule has 0 N–H and O–H groups in total. The van der Waals surface area contributed by atoms with Gasteiger partial charge in [-0.15, -0.1) is 0 Å². The van der Waals surface area contributed by atoms with Crippen LogP contribution in [0.4, 0.5) is 4.79 Å². The summed E-state index contributed by atoms with van der Waals surface area (Å²) in [6.07, 6.45) is 1.53. The molecule has 0 spiro atoms. The molecule has 0 bridgehead atoms. The minimum atomic E-state index is -0.578. The quantitative estimate of drug-likeness (QED) is 0.166. The number of halogens is 3. The van der Waals surface area contributed by atoms with Crippen molar-refractivity contribution >= 4 is 74.1 Å². The highest BCUT2D eigenvalue weighted by atomic mass is 79.9. The average molecular weight is 593 g/mol. The van der Waals surface area contributed by atoms with E-state index in [-0.39, 0.29) is 23.8 Å². The van der Waals surface area contributed by atoms with E-state index in [0.717, 1.165) is 16.7 Å². The molecule has 0 radical (unpaired) electrons. The van der Waals surface area contributed by atoms with Crippen molar-refractivity contribution in [1.82, 2.24) is 4.90 Å². The van der Waals surface area contributed by atoms with Crippen LogP contribution in [0.25, 0.3) is 6.08 Å². The van der Waals surface area contributed by atoms with Crippen LogP contribution in [-0.4, -0.2) is 35.2 Å². The van der Waals surface area contributed by atoms with Crippen LogP contribution in [-0.2, 0) is 4.79 Å². The van der Waals surface area contributed by atoms with Gasteiger partial charge in [0.15, 0.2) is 0 Å². The van der Waals surface area contributed by atoms with E-state index >= 15 is 0 Å². The van der Waals surface area contributed by atoms with E-state index in [4.69, 9.17) is 32.7 Å². The van der Waals surface area contributed by atoms with Gasteiger partial charge in [-0.25, -0.2) is 4.79 Å². The van der Waals surface area contributed by atoms with Crippen LogP contribution >= 0.6 is 50.9 Å². The molecule has 1 saturated heterocycles. The zero-order valence-electron chi connectivity index (χ0n) is 17.9. The Morgan fingerprint density at radius 2 is 1.63 bits per heavy atom. The normalized spacial score (nSPS) is 14.5. The summed E-state index contributed by atoms with van der Waals surface area (Å²) in [5, 5.41) is 0.676. The third kappa shape index (κ3) is 6.46. The van der Waals surface area contributed by atoms with Gasteiger partial charge in [0.2, 0.25) is 0 Å². The Morgan fingerprint density at radius 1 is 0.971 bits per heavy atom. The molecule has 6 nitrogen and oxygen atoms in total. The fraction of sp³-hybridized carbons (Fsp3) is 0.0800. The number of ether oxygens (including phenoxy) is 2. The van der Waals surface area contributed by atoms with Crippen molar-refractivity contribution in [3.05, 3.63) is 97.3 Å². The molecule has 1 fully saturated rings. The van der Waals surface area contributed by atoms with E-state index in [1.807, 2.05) is 0 Å². The third-order valence-corrected chi connectivity index (χ3v) is 6.72. The van der Waals surface area contributed by atoms with Crippen molar-refractivity contribution in [2.24, 2.45) is 0 Å². The Morgan fingerprint density at radius 3 is 2.31 bits per heavy atom. The van der Waals surface area contributed by atoms with Crippen LogP contribution in [0, 0.1) is 0 Å². The van der Waals surface area contributed by atoms with Gasteiger partial charge >= 0.3 is 5.97 Å². The lowest BCUT2D eigenvalue weighted by molar-refractivity contribution is -0.123. The summed E-state index contributed by atoms with van der Waals surface area (Å²) in [5.74, 6) is -0.204. The number of rotatable bonds is 7. The SMILES string of the molecule is O=C(Oc1ccc(Br)cc1/C=C1\SC(=O)N(CCOc2ccc(Cl)cc2)C1=O)c1ccc(Cl)cc1. The predicted octanol–water partition coefficient (Wildman–Crippen LogP) is 7.09. The molecule has 1 aliphatic heterocycles. The number of imide groups is 1. The summed E-state index contributed by atoms with van der Waals surface area (Å²) in [4.78, 5) is 39.2. The molecule has 3 aromatic rings. The molecule has 0 unspecified atom stereocenters. The van der Waals surface area contributed by atoms with E-state index in [1.54, 1.807) is 66.7 Å². The largest absolute Gasteiger partial charge is 0.492 e. The van der Waals surface area contributed by atoms with Crippen LogP contribution in [0.3, 0.4) is 0 Å². The number of benzene rings is 3. The lowest BCUT2D eigenvalue weighted by Crippen LogP contribution is -2.32. The summed E-state index contributed by atoms with van der Waals surface area (Å²) >= 11 is 15.9. The highest BCUT2D eigenvalue weighted by molar-refractivity contribution is 9.10. The number of amides is 2. The Bertz CT molecular complexity index is 1310. The molecular weight excluding hydrogens is 577 g/mol. The second-order valence-electron chi connectivity index (χ2n) is 7.21. The first-order valence-corrected chi connectivity index (χ1v) is 12.6. The van der Waals surface area contributed by atoms with E-state index in [2.05, 4.69) is 15.9 Å². The molecule has 1 heterocycles. The van der Waals surface area contributed by atoms with Gasteiger partial charge in [0, 0.05) is 20.1 Å². The maximum Gasteiger partial charge on any atom is 0.343 e. The van der Waals surface area contributed by atoms with Crippen LogP contribution in [0.1, 0.15) is 15.9 Å². The Balaban J connectivity index is 1.47. The topological polar surface area (TPSA) is 72.9 Å². The lowest BCUT2D eigenvalue weighted by atomic mass is 10.1. The zero-order chi connectivity index (χ0) is 24.9. The van der Waals surface area contributed by atoms with Gasteiger partial charge in [0.25, 0.3) is 11.1 Å². The minimum absolute atomic E-state index is 0.0848. The minimum Gasteiger partial charge on any atom is -0.492 e. The van der Waals surface area contributed by atoms with Gasteiger partial charge in [0.1, 0.15) is 18.1 Å². The molecule has 10 heteroatoms. The first kappa shape index (κ1) is 25.3. The number of hydrogen-bond donors (Lipinski definition) is 0. The number of carbonyl (C=O) groups is 3. The Hall–Kier alpha value is -2.78. The molecular formula is C25H16BrCl2NO5S. The first-order chi connectivity index (χ1) is 16.8. The van der Waals surface area contributed by atoms with Crippen molar-refractivity contribution in [3.63, 3.8) is 0 Å². The maximum atomic E-state index is 12.9. The van der Waals surface area contributed by atoms with Crippen molar-refractivity contribution < 1.29 is 23.9 Å². The molecule has 2 amide bonds. The molecule has 0 aliphatic carbocycles. The smallest absolute Gasteiger partial charge is 0.343 e. The van der Waals surface area contributed by atoms with Gasteiger partial charge in [-0.2, -0.15) is 0 Å². The van der Waals surface area contributed by atoms with Crippen LogP contribution in [0.2, 0.25) is 10.0 Å². The molecule has 1 aliphatic rings. The van der Waals surface area contributed by atoms with Crippen LogP contribution in [0.5, 0.6) is 11.5 Å². The van der Waals surface area contributed by atoms with Crippen molar-refractivity contribution in [1.29, 1.82) is 0 Å². The summed E-state index contributed by atoms with van der Waals surface area (Å²) in [6, 6.07) is 18.1. The molecule has 0 saturated carbocycles. The summed E-state index contributed by atoms with van der Waals surface area (Å²) in [6.45, 7) is 0.218. The average Bonchev–Trinajstić information content (AvgIpc) is 3.09. The summed E-state index contributed by atoms with van der Waals surface area (Å²) in [5.41, 5.74) is 0.786. The molecule has 0 atom stereocenters. The van der Waals surface area contributed by atoms with Crippen molar-refractivity contribution in [2.45, 2.75) is 0 Å². The van der Waals surface area contributed by atoms with E-state index in [1.165, 1.54) is 6.08 Å². The third-order valence-electron chi connectivity index (χ3n) is 4.81. The van der Waals surface area contributed by atoms with Crippen molar-refractivity contribution in [3.8, 4) is 11.5 Å². The fourth-order valence-electron chi connectivity index (χ4n) is 3.09. The van der Waals surface area contributed by atoms with Crippen LogP contribution in [0.15, 0.2) is 76.1 Å².